The number of benzene rings is 1. The molecule has 0 aliphatic heterocycles. The van der Waals surface area contributed by atoms with Crippen LogP contribution in [0.2, 0.25) is 5.02 Å². The molecule has 0 spiro atoms. The van der Waals surface area contributed by atoms with Gasteiger partial charge in [0.05, 0.1) is 12.5 Å². The molecule has 1 aromatic carbocycles. The predicted octanol–water partition coefficient (Wildman–Crippen LogP) is 5.28. The van der Waals surface area contributed by atoms with Crippen molar-refractivity contribution in [1.29, 1.82) is 0 Å². The van der Waals surface area contributed by atoms with Gasteiger partial charge in [0, 0.05) is 10.4 Å². The molecule has 1 aliphatic rings. The number of carbonyl (C=O) groups is 2. The van der Waals surface area contributed by atoms with Crippen LogP contribution in [0, 0.1) is 5.92 Å². The van der Waals surface area contributed by atoms with Crippen LogP contribution in [-0.2, 0) is 9.53 Å². The molecule has 1 N–H and O–H groups in total. The van der Waals surface area contributed by atoms with Crippen molar-refractivity contribution in [3.63, 3.8) is 0 Å². The Bertz CT molecular complexity index is 785. The molecular formula is C20H23ClN2O3S. The van der Waals surface area contributed by atoms with Gasteiger partial charge >= 0.3 is 5.97 Å². The summed E-state index contributed by atoms with van der Waals surface area (Å²) in [6, 6.07) is 7.45. The Morgan fingerprint density at radius 3 is 2.67 bits per heavy atom. The summed E-state index contributed by atoms with van der Waals surface area (Å²) in [4.78, 5) is 28.9. The van der Waals surface area contributed by atoms with Crippen molar-refractivity contribution in [2.75, 3.05) is 11.9 Å². The van der Waals surface area contributed by atoms with Crippen molar-refractivity contribution < 1.29 is 14.3 Å². The molecule has 0 bridgehead atoms. The highest BCUT2D eigenvalue weighted by atomic mass is 35.5. The predicted molar refractivity (Wildman–Crippen MR) is 107 cm³/mol. The molecule has 1 atom stereocenters. The number of amides is 1. The topological polar surface area (TPSA) is 68.3 Å². The van der Waals surface area contributed by atoms with Crippen LogP contribution < -0.4 is 5.32 Å². The minimum Gasteiger partial charge on any atom is -0.461 e. The highest BCUT2D eigenvalue weighted by Crippen LogP contribution is 2.35. The zero-order valence-corrected chi connectivity index (χ0v) is 16.8. The first-order chi connectivity index (χ1) is 13.1. The number of hydrogen-bond donors (Lipinski definition) is 1. The first-order valence-corrected chi connectivity index (χ1v) is 10.5. The number of thiazole rings is 1. The van der Waals surface area contributed by atoms with E-state index in [0.29, 0.717) is 16.1 Å². The Kier molecular flexibility index (Phi) is 6.85. The summed E-state index contributed by atoms with van der Waals surface area (Å²) in [6.45, 7) is 2.03. The van der Waals surface area contributed by atoms with Crippen molar-refractivity contribution >= 4 is 39.9 Å². The number of halogens is 1. The molecule has 1 aromatic heterocycles. The number of rotatable bonds is 7. The Balaban J connectivity index is 1.74. The number of nitrogens with zero attached hydrogens (tertiary/aromatic N) is 1. The van der Waals surface area contributed by atoms with E-state index in [9.17, 15) is 9.59 Å². The molecule has 0 saturated heterocycles. The smallest absolute Gasteiger partial charge is 0.357 e. The molecule has 1 saturated carbocycles. The second-order valence-corrected chi connectivity index (χ2v) is 8.03. The Morgan fingerprint density at radius 1 is 1.30 bits per heavy atom. The van der Waals surface area contributed by atoms with Crippen molar-refractivity contribution in [3.8, 4) is 0 Å². The van der Waals surface area contributed by atoms with Gasteiger partial charge in [-0.3, -0.25) is 4.79 Å². The second-order valence-electron chi connectivity index (χ2n) is 6.74. The van der Waals surface area contributed by atoms with E-state index in [4.69, 9.17) is 16.3 Å². The molecule has 27 heavy (non-hydrogen) atoms. The van der Waals surface area contributed by atoms with E-state index in [1.807, 2.05) is 24.3 Å². The largest absolute Gasteiger partial charge is 0.461 e. The third-order valence-electron chi connectivity index (χ3n) is 4.85. The van der Waals surface area contributed by atoms with Crippen LogP contribution in [-0.4, -0.2) is 23.5 Å². The van der Waals surface area contributed by atoms with E-state index in [2.05, 4.69) is 10.3 Å². The molecular weight excluding hydrogens is 384 g/mol. The van der Waals surface area contributed by atoms with Crippen LogP contribution in [0.4, 0.5) is 5.13 Å². The molecule has 5 nitrogen and oxygen atoms in total. The summed E-state index contributed by atoms with van der Waals surface area (Å²) in [6.07, 6.45) is 5.61. The molecule has 1 unspecified atom stereocenters. The number of nitrogens with one attached hydrogen (secondary N) is 1. The van der Waals surface area contributed by atoms with Crippen LogP contribution in [0.3, 0.4) is 0 Å². The number of esters is 1. The van der Waals surface area contributed by atoms with Gasteiger partial charge in [-0.2, -0.15) is 0 Å². The maximum absolute atomic E-state index is 13.0. The van der Waals surface area contributed by atoms with E-state index < -0.39 is 5.97 Å². The van der Waals surface area contributed by atoms with Crippen LogP contribution in [0.15, 0.2) is 29.6 Å². The fourth-order valence-electron chi connectivity index (χ4n) is 3.49. The van der Waals surface area contributed by atoms with Crippen LogP contribution in [0.1, 0.15) is 61.0 Å². The van der Waals surface area contributed by atoms with Gasteiger partial charge in [0.25, 0.3) is 0 Å². The van der Waals surface area contributed by atoms with Crippen molar-refractivity contribution in [2.24, 2.45) is 5.92 Å². The summed E-state index contributed by atoms with van der Waals surface area (Å²) in [5.74, 6) is -0.286. The van der Waals surface area contributed by atoms with E-state index in [0.717, 1.165) is 12.0 Å². The van der Waals surface area contributed by atoms with Gasteiger partial charge in [-0.15, -0.1) is 11.3 Å². The van der Waals surface area contributed by atoms with E-state index in [-0.39, 0.29) is 24.1 Å². The van der Waals surface area contributed by atoms with Gasteiger partial charge in [0.1, 0.15) is 0 Å². The number of anilines is 1. The zero-order valence-electron chi connectivity index (χ0n) is 15.2. The zero-order chi connectivity index (χ0) is 19.2. The highest BCUT2D eigenvalue weighted by Gasteiger charge is 2.27. The van der Waals surface area contributed by atoms with Gasteiger partial charge in [0.15, 0.2) is 10.8 Å². The monoisotopic (exact) mass is 406 g/mol. The SMILES string of the molecule is CCOC(=O)c1csc(NC(=O)C(CC2CCCC2)c2ccc(Cl)cc2)n1. The fourth-order valence-corrected chi connectivity index (χ4v) is 4.30. The minimum atomic E-state index is -0.477. The molecule has 1 amide bonds. The molecule has 1 aliphatic carbocycles. The lowest BCUT2D eigenvalue weighted by Crippen LogP contribution is -2.23. The molecule has 3 rings (SSSR count). The third-order valence-corrected chi connectivity index (χ3v) is 5.86. The van der Waals surface area contributed by atoms with Gasteiger partial charge in [-0.1, -0.05) is 49.4 Å². The van der Waals surface area contributed by atoms with Crippen molar-refractivity contribution in [1.82, 2.24) is 4.98 Å². The molecule has 7 heteroatoms. The summed E-state index contributed by atoms with van der Waals surface area (Å²) < 4.78 is 4.94. The molecule has 1 fully saturated rings. The first kappa shape index (κ1) is 19.8. The lowest BCUT2D eigenvalue weighted by molar-refractivity contribution is -0.118. The van der Waals surface area contributed by atoms with Gasteiger partial charge in [-0.25, -0.2) is 9.78 Å². The third kappa shape index (κ3) is 5.30. The molecule has 0 radical (unpaired) electrons. The summed E-state index contributed by atoms with van der Waals surface area (Å²) in [7, 11) is 0. The Morgan fingerprint density at radius 2 is 2.00 bits per heavy atom. The summed E-state index contributed by atoms with van der Waals surface area (Å²) in [5.41, 5.74) is 1.17. The van der Waals surface area contributed by atoms with Gasteiger partial charge < -0.3 is 10.1 Å². The Hall–Kier alpha value is -1.92. The summed E-state index contributed by atoms with van der Waals surface area (Å²) >= 11 is 7.23. The lowest BCUT2D eigenvalue weighted by atomic mass is 9.87. The van der Waals surface area contributed by atoms with E-state index in [1.54, 1.807) is 12.3 Å². The summed E-state index contributed by atoms with van der Waals surface area (Å²) in [5, 5.41) is 5.53. The average molecular weight is 407 g/mol. The van der Waals surface area contributed by atoms with Crippen LogP contribution in [0.25, 0.3) is 0 Å². The Labute approximate surface area is 168 Å². The van der Waals surface area contributed by atoms with Crippen molar-refractivity contribution in [3.05, 3.63) is 45.9 Å². The molecule has 1 heterocycles. The maximum atomic E-state index is 13.0. The fraction of sp³-hybridized carbons (Fsp3) is 0.450. The van der Waals surface area contributed by atoms with E-state index >= 15 is 0 Å². The first-order valence-electron chi connectivity index (χ1n) is 9.25. The maximum Gasteiger partial charge on any atom is 0.357 e. The minimum absolute atomic E-state index is 0.103. The van der Waals surface area contributed by atoms with Crippen molar-refractivity contribution in [2.45, 2.75) is 44.9 Å². The van der Waals surface area contributed by atoms with Crippen LogP contribution >= 0.6 is 22.9 Å². The van der Waals surface area contributed by atoms with Crippen LogP contribution in [0.5, 0.6) is 0 Å². The molecule has 2 aromatic rings. The number of hydrogen-bond acceptors (Lipinski definition) is 5. The number of aromatic nitrogens is 1. The van der Waals surface area contributed by atoms with Gasteiger partial charge in [0.2, 0.25) is 5.91 Å². The lowest BCUT2D eigenvalue weighted by Gasteiger charge is -2.20. The standard InChI is InChI=1S/C20H23ClN2O3S/c1-2-26-19(25)17-12-27-20(22-17)23-18(24)16(11-13-5-3-4-6-13)14-7-9-15(21)10-8-14/h7-10,12-13,16H,2-6,11H2,1H3,(H,22,23,24). The second kappa shape index (κ2) is 9.33. The quantitative estimate of drug-likeness (QED) is 0.635. The molecule has 144 valence electrons. The number of ether oxygens (including phenoxy) is 1. The van der Waals surface area contributed by atoms with E-state index in [1.165, 1.54) is 37.0 Å². The highest BCUT2D eigenvalue weighted by molar-refractivity contribution is 7.14. The average Bonchev–Trinajstić information content (AvgIpc) is 3.32. The van der Waals surface area contributed by atoms with Gasteiger partial charge in [-0.05, 0) is 37.0 Å². The number of carbonyl (C=O) groups excluding carboxylic acids is 2. The normalized spacial score (nSPS) is 15.5.